The zero-order chi connectivity index (χ0) is 19.3. The fourth-order valence-corrected chi connectivity index (χ4v) is 2.13. The molecule has 1 aliphatic rings. The first-order valence-electron chi connectivity index (χ1n) is 7.88. The molecular weight excluding hydrogens is 326 g/mol. The third-order valence-corrected chi connectivity index (χ3v) is 4.15. The molecule has 1 fully saturated rings. The Bertz CT molecular complexity index is 612. The van der Waals surface area contributed by atoms with E-state index in [1.165, 1.54) is 25.3 Å². The molecule has 0 saturated carbocycles. The molecule has 1 saturated heterocycles. The van der Waals surface area contributed by atoms with E-state index in [1.54, 1.807) is 20.2 Å². The number of carbonyl (C=O) groups excluding carboxylic acids is 1. The zero-order valence-electron chi connectivity index (χ0n) is 15.9. The van der Waals surface area contributed by atoms with E-state index < -0.39 is 24.1 Å². The first-order valence-corrected chi connectivity index (χ1v) is 7.88. The number of rotatable bonds is 4. The van der Waals surface area contributed by atoms with E-state index >= 15 is 0 Å². The second-order valence-electron chi connectivity index (χ2n) is 6.64. The molecule has 25 heavy (non-hydrogen) atoms. The Morgan fingerprint density at radius 3 is 2.04 bits per heavy atom. The monoisotopic (exact) mass is 352 g/mol. The smallest absolute Gasteiger partial charge is 0.487 e. The van der Waals surface area contributed by atoms with E-state index in [2.05, 4.69) is 4.74 Å². The maximum atomic E-state index is 14.2. The number of hydrogen-bond donors (Lipinski definition) is 0. The van der Waals surface area contributed by atoms with E-state index in [9.17, 15) is 9.18 Å². The SMILES string of the molecule is COC.COc1cc(C=O)cc(/C=C/B2OC(C)(C)C(C)(C)O2)c1F. The van der Waals surface area contributed by atoms with Crippen molar-refractivity contribution in [2.75, 3.05) is 21.3 Å². The van der Waals surface area contributed by atoms with E-state index in [1.807, 2.05) is 27.7 Å². The van der Waals surface area contributed by atoms with Crippen LogP contribution in [0.3, 0.4) is 0 Å². The predicted molar refractivity (Wildman–Crippen MR) is 96.4 cm³/mol. The van der Waals surface area contributed by atoms with Crippen LogP contribution in [0.2, 0.25) is 0 Å². The lowest BCUT2D eigenvalue weighted by Crippen LogP contribution is -2.41. The van der Waals surface area contributed by atoms with Crippen molar-refractivity contribution in [1.82, 2.24) is 0 Å². The molecule has 5 nitrogen and oxygen atoms in total. The Labute approximate surface area is 149 Å². The van der Waals surface area contributed by atoms with Gasteiger partial charge in [0.25, 0.3) is 0 Å². The highest BCUT2D eigenvalue weighted by Gasteiger charge is 2.50. The van der Waals surface area contributed by atoms with Crippen LogP contribution in [0, 0.1) is 5.82 Å². The summed E-state index contributed by atoms with van der Waals surface area (Å²) in [6, 6.07) is 2.81. The van der Waals surface area contributed by atoms with Crippen molar-refractivity contribution in [3.05, 3.63) is 35.1 Å². The van der Waals surface area contributed by atoms with Gasteiger partial charge in [0.2, 0.25) is 0 Å². The van der Waals surface area contributed by atoms with Crippen molar-refractivity contribution in [1.29, 1.82) is 0 Å². The number of halogens is 1. The van der Waals surface area contributed by atoms with Crippen LogP contribution in [0.25, 0.3) is 6.08 Å². The molecule has 0 atom stereocenters. The van der Waals surface area contributed by atoms with Crippen LogP contribution >= 0.6 is 0 Å². The summed E-state index contributed by atoms with van der Waals surface area (Å²) in [5.41, 5.74) is -0.325. The molecule has 2 rings (SSSR count). The van der Waals surface area contributed by atoms with Gasteiger partial charge in [0.1, 0.15) is 6.29 Å². The van der Waals surface area contributed by atoms with Crippen LogP contribution in [0.1, 0.15) is 43.6 Å². The quantitative estimate of drug-likeness (QED) is 0.613. The lowest BCUT2D eigenvalue weighted by molar-refractivity contribution is 0.00578. The number of benzene rings is 1. The summed E-state index contributed by atoms with van der Waals surface area (Å²) < 4.78 is 35.0. The van der Waals surface area contributed by atoms with E-state index in [0.29, 0.717) is 11.8 Å². The summed E-state index contributed by atoms with van der Waals surface area (Å²) in [6.45, 7) is 7.77. The molecule has 0 radical (unpaired) electrons. The molecule has 7 heteroatoms. The Balaban J connectivity index is 0.000000970. The molecule has 0 N–H and O–H groups in total. The number of methoxy groups -OCH3 is 2. The van der Waals surface area contributed by atoms with E-state index in [-0.39, 0.29) is 11.3 Å². The summed E-state index contributed by atoms with van der Waals surface area (Å²) in [5.74, 6) is 1.13. The van der Waals surface area contributed by atoms with Gasteiger partial charge in [0.05, 0.1) is 18.3 Å². The van der Waals surface area contributed by atoms with Crippen LogP contribution in [0.4, 0.5) is 4.39 Å². The minimum Gasteiger partial charge on any atom is -0.494 e. The number of ether oxygens (including phenoxy) is 2. The highest BCUT2D eigenvalue weighted by Crippen LogP contribution is 2.37. The standard InChI is InChI=1S/C16H20BFO4.C2H6O/c1-15(2)16(3,4)22-17(21-15)7-6-12-8-11(10-19)9-13(20-5)14(12)18;1-3-2/h6-10H,1-5H3;1-2H3/b7-6+;. The molecule has 0 amide bonds. The Hall–Kier alpha value is -1.70. The summed E-state index contributed by atoms with van der Waals surface area (Å²) in [6.07, 6.45) is 2.18. The molecule has 1 heterocycles. The zero-order valence-corrected chi connectivity index (χ0v) is 15.9. The first-order chi connectivity index (χ1) is 11.6. The van der Waals surface area contributed by atoms with Gasteiger partial charge in [-0.1, -0.05) is 12.1 Å². The fourth-order valence-electron chi connectivity index (χ4n) is 2.13. The summed E-state index contributed by atoms with van der Waals surface area (Å²) >= 11 is 0. The Morgan fingerprint density at radius 2 is 1.60 bits per heavy atom. The minimum atomic E-state index is -0.574. The second kappa shape index (κ2) is 8.60. The minimum absolute atomic E-state index is 0.0261. The number of hydrogen-bond acceptors (Lipinski definition) is 5. The Kier molecular flexibility index (Phi) is 7.35. The van der Waals surface area contributed by atoms with Crippen LogP contribution in [0.15, 0.2) is 18.1 Å². The summed E-state index contributed by atoms with van der Waals surface area (Å²) in [4.78, 5) is 10.9. The molecule has 0 bridgehead atoms. The number of carbonyl (C=O) groups is 1. The highest BCUT2D eigenvalue weighted by atomic mass is 19.1. The number of aldehydes is 1. The van der Waals surface area contributed by atoms with Gasteiger partial charge in [-0.05, 0) is 39.8 Å². The molecule has 0 unspecified atom stereocenters. The van der Waals surface area contributed by atoms with Gasteiger partial charge in [0.15, 0.2) is 11.6 Å². The highest BCUT2D eigenvalue weighted by molar-refractivity contribution is 6.52. The summed E-state index contributed by atoms with van der Waals surface area (Å²) in [5, 5.41) is 0. The average molecular weight is 352 g/mol. The fraction of sp³-hybridized carbons (Fsp3) is 0.500. The van der Waals surface area contributed by atoms with E-state index in [4.69, 9.17) is 14.0 Å². The second-order valence-corrected chi connectivity index (χ2v) is 6.64. The van der Waals surface area contributed by atoms with Crippen molar-refractivity contribution in [3.8, 4) is 5.75 Å². The van der Waals surface area contributed by atoms with Gasteiger partial charge in [0, 0.05) is 25.3 Å². The third-order valence-electron chi connectivity index (χ3n) is 4.15. The van der Waals surface area contributed by atoms with Crippen molar-refractivity contribution >= 4 is 19.5 Å². The topological polar surface area (TPSA) is 54.0 Å². The van der Waals surface area contributed by atoms with Crippen LogP contribution < -0.4 is 4.74 Å². The van der Waals surface area contributed by atoms with Gasteiger partial charge >= 0.3 is 7.12 Å². The van der Waals surface area contributed by atoms with Crippen molar-refractivity contribution in [2.24, 2.45) is 0 Å². The molecule has 0 aromatic heterocycles. The lowest BCUT2D eigenvalue weighted by atomic mass is 9.89. The molecule has 0 aliphatic carbocycles. The van der Waals surface area contributed by atoms with Crippen LogP contribution in [-0.4, -0.2) is 45.9 Å². The molecular formula is C18H26BFO5. The molecule has 138 valence electrons. The maximum Gasteiger partial charge on any atom is 0.487 e. The Morgan fingerprint density at radius 1 is 1.08 bits per heavy atom. The normalized spacial score (nSPS) is 18.0. The first kappa shape index (κ1) is 21.3. The average Bonchev–Trinajstić information content (AvgIpc) is 2.74. The van der Waals surface area contributed by atoms with Crippen LogP contribution in [-0.2, 0) is 14.0 Å². The third kappa shape index (κ3) is 5.14. The van der Waals surface area contributed by atoms with Crippen molar-refractivity contribution in [2.45, 2.75) is 38.9 Å². The molecule has 0 spiro atoms. The molecule has 1 aromatic rings. The van der Waals surface area contributed by atoms with E-state index in [0.717, 1.165) is 0 Å². The molecule has 1 aromatic carbocycles. The van der Waals surface area contributed by atoms with Crippen LogP contribution in [0.5, 0.6) is 5.75 Å². The van der Waals surface area contributed by atoms with Gasteiger partial charge in [-0.15, -0.1) is 0 Å². The molecule has 1 aliphatic heterocycles. The van der Waals surface area contributed by atoms with Crippen molar-refractivity contribution in [3.63, 3.8) is 0 Å². The van der Waals surface area contributed by atoms with Gasteiger partial charge in [-0.2, -0.15) is 0 Å². The van der Waals surface area contributed by atoms with Gasteiger partial charge < -0.3 is 18.8 Å². The van der Waals surface area contributed by atoms with Crippen molar-refractivity contribution < 1.29 is 28.0 Å². The largest absolute Gasteiger partial charge is 0.494 e. The lowest BCUT2D eigenvalue weighted by Gasteiger charge is -2.32. The maximum absolute atomic E-state index is 14.2. The summed E-state index contributed by atoms with van der Waals surface area (Å²) in [7, 11) is 4.03. The van der Waals surface area contributed by atoms with Gasteiger partial charge in [-0.3, -0.25) is 4.79 Å². The predicted octanol–water partition coefficient (Wildman–Crippen LogP) is 3.55. The van der Waals surface area contributed by atoms with Gasteiger partial charge in [-0.25, -0.2) is 4.39 Å².